The number of amides is 1. The number of carbonyl (C=O) groups is 1. The minimum absolute atomic E-state index is 0.0292. The quantitative estimate of drug-likeness (QED) is 0.658. The molecule has 3 rings (SSSR count). The SMILES string of the molecule is CN(CCNC(=O)C1CCN(S(=O)(=O)N2CCOCC2)CC1)Cc1ccccc1. The van der Waals surface area contributed by atoms with Gasteiger partial charge in [0.25, 0.3) is 10.2 Å². The molecule has 1 amide bonds. The van der Waals surface area contributed by atoms with Gasteiger partial charge in [0.15, 0.2) is 0 Å². The molecule has 0 unspecified atom stereocenters. The third-order valence-electron chi connectivity index (χ3n) is 5.54. The van der Waals surface area contributed by atoms with E-state index in [-0.39, 0.29) is 11.8 Å². The summed E-state index contributed by atoms with van der Waals surface area (Å²) in [6.07, 6.45) is 1.13. The first-order valence-corrected chi connectivity index (χ1v) is 11.7. The van der Waals surface area contributed by atoms with E-state index in [2.05, 4.69) is 22.3 Å². The van der Waals surface area contributed by atoms with E-state index < -0.39 is 10.2 Å². The maximum atomic E-state index is 12.7. The lowest BCUT2D eigenvalue weighted by Gasteiger charge is -2.35. The van der Waals surface area contributed by atoms with Gasteiger partial charge in [-0.05, 0) is 25.5 Å². The van der Waals surface area contributed by atoms with Gasteiger partial charge in [-0.15, -0.1) is 0 Å². The lowest BCUT2D eigenvalue weighted by atomic mass is 9.97. The molecule has 0 spiro atoms. The van der Waals surface area contributed by atoms with Gasteiger partial charge in [0.1, 0.15) is 0 Å². The van der Waals surface area contributed by atoms with Crippen molar-refractivity contribution in [3.63, 3.8) is 0 Å². The predicted molar refractivity (Wildman–Crippen MR) is 111 cm³/mol. The fourth-order valence-electron chi connectivity index (χ4n) is 3.78. The minimum atomic E-state index is -3.44. The maximum absolute atomic E-state index is 12.7. The number of benzene rings is 1. The lowest BCUT2D eigenvalue weighted by Crippen LogP contribution is -2.51. The molecule has 0 atom stereocenters. The smallest absolute Gasteiger partial charge is 0.282 e. The van der Waals surface area contributed by atoms with Gasteiger partial charge in [0, 0.05) is 51.7 Å². The Morgan fingerprint density at radius 1 is 1.10 bits per heavy atom. The molecule has 9 heteroatoms. The topological polar surface area (TPSA) is 82.2 Å². The van der Waals surface area contributed by atoms with Crippen LogP contribution in [0.4, 0.5) is 0 Å². The number of ether oxygens (including phenoxy) is 1. The highest BCUT2D eigenvalue weighted by atomic mass is 32.2. The second-order valence-electron chi connectivity index (χ2n) is 7.71. The molecule has 0 bridgehead atoms. The molecule has 29 heavy (non-hydrogen) atoms. The zero-order valence-corrected chi connectivity index (χ0v) is 17.9. The summed E-state index contributed by atoms with van der Waals surface area (Å²) >= 11 is 0. The molecule has 2 aliphatic heterocycles. The van der Waals surface area contributed by atoms with Gasteiger partial charge in [-0.2, -0.15) is 17.0 Å². The Hall–Kier alpha value is -1.52. The molecule has 2 aliphatic rings. The molecule has 1 aromatic rings. The van der Waals surface area contributed by atoms with Gasteiger partial charge in [-0.3, -0.25) is 4.79 Å². The van der Waals surface area contributed by atoms with E-state index in [1.807, 2.05) is 25.2 Å². The van der Waals surface area contributed by atoms with Crippen molar-refractivity contribution in [3.8, 4) is 0 Å². The highest BCUT2D eigenvalue weighted by Crippen LogP contribution is 2.22. The van der Waals surface area contributed by atoms with E-state index in [0.29, 0.717) is 58.8 Å². The van der Waals surface area contributed by atoms with Crippen LogP contribution in [0.5, 0.6) is 0 Å². The Morgan fingerprint density at radius 2 is 1.72 bits per heavy atom. The van der Waals surface area contributed by atoms with Gasteiger partial charge in [0.05, 0.1) is 13.2 Å². The van der Waals surface area contributed by atoms with Gasteiger partial charge in [-0.1, -0.05) is 30.3 Å². The van der Waals surface area contributed by atoms with Crippen LogP contribution >= 0.6 is 0 Å². The van der Waals surface area contributed by atoms with Crippen LogP contribution in [0.3, 0.4) is 0 Å². The Balaban J connectivity index is 1.37. The van der Waals surface area contributed by atoms with Gasteiger partial charge < -0.3 is 15.0 Å². The summed E-state index contributed by atoms with van der Waals surface area (Å²) in [7, 11) is -1.41. The molecule has 1 N–H and O–H groups in total. The fraction of sp³-hybridized carbons (Fsp3) is 0.650. The molecule has 2 heterocycles. The summed E-state index contributed by atoms with van der Waals surface area (Å²) in [5, 5.41) is 3.01. The number of likely N-dealkylation sites (N-methyl/N-ethyl adjacent to an activating group) is 1. The second-order valence-corrected chi connectivity index (χ2v) is 9.64. The van der Waals surface area contributed by atoms with Crippen molar-refractivity contribution in [2.45, 2.75) is 19.4 Å². The van der Waals surface area contributed by atoms with E-state index in [9.17, 15) is 13.2 Å². The molecule has 0 aromatic heterocycles. The maximum Gasteiger partial charge on any atom is 0.282 e. The highest BCUT2D eigenvalue weighted by Gasteiger charge is 2.35. The number of morpholine rings is 1. The van der Waals surface area contributed by atoms with Crippen LogP contribution in [0.2, 0.25) is 0 Å². The van der Waals surface area contributed by atoms with Gasteiger partial charge >= 0.3 is 0 Å². The van der Waals surface area contributed by atoms with Crippen LogP contribution in [0.1, 0.15) is 18.4 Å². The number of rotatable bonds is 8. The van der Waals surface area contributed by atoms with Crippen LogP contribution < -0.4 is 5.32 Å². The van der Waals surface area contributed by atoms with Crippen molar-refractivity contribution in [1.29, 1.82) is 0 Å². The van der Waals surface area contributed by atoms with Crippen LogP contribution in [0.15, 0.2) is 30.3 Å². The summed E-state index contributed by atoms with van der Waals surface area (Å²) in [6.45, 7) is 4.68. The summed E-state index contributed by atoms with van der Waals surface area (Å²) < 4.78 is 33.6. The molecule has 2 fully saturated rings. The average molecular weight is 425 g/mol. The molecule has 0 saturated carbocycles. The standard InChI is InChI=1S/C20H32N4O4S/c1-22(17-18-5-3-2-4-6-18)12-9-21-20(25)19-7-10-23(11-8-19)29(26,27)24-13-15-28-16-14-24/h2-6,19H,7-17H2,1H3,(H,21,25). The number of nitrogens with zero attached hydrogens (tertiary/aromatic N) is 3. The summed E-state index contributed by atoms with van der Waals surface area (Å²) in [4.78, 5) is 14.6. The molecule has 1 aromatic carbocycles. The van der Waals surface area contributed by atoms with Crippen molar-refractivity contribution >= 4 is 16.1 Å². The normalized spacial score (nSPS) is 20.1. The first-order valence-electron chi connectivity index (χ1n) is 10.3. The van der Waals surface area contributed by atoms with Crippen molar-refractivity contribution < 1.29 is 17.9 Å². The molecule has 162 valence electrons. The van der Waals surface area contributed by atoms with Crippen molar-refractivity contribution in [3.05, 3.63) is 35.9 Å². The molecule has 2 saturated heterocycles. The van der Waals surface area contributed by atoms with Crippen LogP contribution in [-0.4, -0.2) is 87.4 Å². The Bertz CT molecular complexity index is 745. The van der Waals surface area contributed by atoms with E-state index in [0.717, 1.165) is 13.1 Å². The highest BCUT2D eigenvalue weighted by molar-refractivity contribution is 7.86. The number of hydrogen-bond donors (Lipinski definition) is 1. The second kappa shape index (κ2) is 10.5. The summed E-state index contributed by atoms with van der Waals surface area (Å²) in [5.41, 5.74) is 1.25. The number of piperidine rings is 1. The fourth-order valence-corrected chi connectivity index (χ4v) is 5.39. The predicted octanol–water partition coefficient (Wildman–Crippen LogP) is 0.524. The van der Waals surface area contributed by atoms with Crippen molar-refractivity contribution in [2.24, 2.45) is 5.92 Å². The number of carbonyl (C=O) groups excluding carboxylic acids is 1. The molecule has 0 aliphatic carbocycles. The minimum Gasteiger partial charge on any atom is -0.379 e. The summed E-state index contributed by atoms with van der Waals surface area (Å²) in [6, 6.07) is 10.2. The van der Waals surface area contributed by atoms with E-state index >= 15 is 0 Å². The Morgan fingerprint density at radius 3 is 2.38 bits per heavy atom. The first-order chi connectivity index (χ1) is 14.0. The monoisotopic (exact) mass is 424 g/mol. The zero-order valence-electron chi connectivity index (χ0n) is 17.1. The first kappa shape index (κ1) is 22.2. The van der Waals surface area contributed by atoms with E-state index in [4.69, 9.17) is 4.74 Å². The third-order valence-corrected chi connectivity index (χ3v) is 7.57. The largest absolute Gasteiger partial charge is 0.379 e. The van der Waals surface area contributed by atoms with Gasteiger partial charge in [0.2, 0.25) is 5.91 Å². The summed E-state index contributed by atoms with van der Waals surface area (Å²) in [5.74, 6) is -0.0906. The lowest BCUT2D eigenvalue weighted by molar-refractivity contribution is -0.126. The van der Waals surface area contributed by atoms with Crippen LogP contribution in [0, 0.1) is 5.92 Å². The van der Waals surface area contributed by atoms with E-state index in [1.54, 1.807) is 0 Å². The van der Waals surface area contributed by atoms with Gasteiger partial charge in [-0.25, -0.2) is 0 Å². The van der Waals surface area contributed by atoms with E-state index in [1.165, 1.54) is 14.2 Å². The number of hydrogen-bond acceptors (Lipinski definition) is 5. The Labute approximate surface area is 174 Å². The zero-order chi connectivity index (χ0) is 20.7. The van der Waals surface area contributed by atoms with Crippen LogP contribution in [0.25, 0.3) is 0 Å². The molecule has 0 radical (unpaired) electrons. The molecular weight excluding hydrogens is 392 g/mol. The Kier molecular flexibility index (Phi) is 8.02. The average Bonchev–Trinajstić information content (AvgIpc) is 2.75. The molecule has 8 nitrogen and oxygen atoms in total. The molecular formula is C20H32N4O4S. The van der Waals surface area contributed by atoms with Crippen molar-refractivity contribution in [2.75, 3.05) is 59.5 Å². The van der Waals surface area contributed by atoms with Crippen LogP contribution in [-0.2, 0) is 26.3 Å². The number of nitrogens with one attached hydrogen (secondary N) is 1. The third kappa shape index (κ3) is 6.23. The van der Waals surface area contributed by atoms with Crippen molar-refractivity contribution in [1.82, 2.24) is 18.8 Å².